The van der Waals surface area contributed by atoms with Crippen LogP contribution in [0, 0.1) is 0 Å². The van der Waals surface area contributed by atoms with E-state index in [0.29, 0.717) is 0 Å². The number of benzene rings is 9. The molecular weight excluding hydrogens is 669 g/mol. The van der Waals surface area contributed by atoms with Crippen molar-refractivity contribution in [2.75, 3.05) is 4.90 Å². The molecular formula is C52H34N2O. The molecule has 0 N–H and O–H groups in total. The van der Waals surface area contributed by atoms with Crippen molar-refractivity contribution in [1.29, 1.82) is 0 Å². The Hall–Kier alpha value is -7.36. The number of aromatic nitrogens is 1. The summed E-state index contributed by atoms with van der Waals surface area (Å²) in [6.45, 7) is 0. The summed E-state index contributed by atoms with van der Waals surface area (Å²) in [6, 6.07) is 74.0. The van der Waals surface area contributed by atoms with Gasteiger partial charge in [-0.15, -0.1) is 0 Å². The van der Waals surface area contributed by atoms with E-state index in [-0.39, 0.29) is 0 Å². The van der Waals surface area contributed by atoms with Gasteiger partial charge in [0.15, 0.2) is 0 Å². The maximum Gasteiger partial charge on any atom is 0.137 e. The van der Waals surface area contributed by atoms with Crippen molar-refractivity contribution in [2.45, 2.75) is 0 Å². The van der Waals surface area contributed by atoms with Crippen LogP contribution in [0.5, 0.6) is 0 Å². The first kappa shape index (κ1) is 31.2. The fraction of sp³-hybridized carbons (Fsp3) is 0. The Kier molecular flexibility index (Phi) is 7.17. The van der Waals surface area contributed by atoms with Gasteiger partial charge in [-0.2, -0.15) is 0 Å². The molecule has 11 aromatic rings. The number of hydrogen-bond donors (Lipinski definition) is 0. The molecule has 3 nitrogen and oxygen atoms in total. The largest absolute Gasteiger partial charge is 0.456 e. The molecule has 0 atom stereocenters. The molecule has 0 spiro atoms. The summed E-state index contributed by atoms with van der Waals surface area (Å²) in [4.78, 5) is 2.38. The molecule has 55 heavy (non-hydrogen) atoms. The van der Waals surface area contributed by atoms with Crippen LogP contribution in [0.3, 0.4) is 0 Å². The van der Waals surface area contributed by atoms with E-state index in [0.717, 1.165) is 50.3 Å². The lowest BCUT2D eigenvalue weighted by atomic mass is 9.99. The van der Waals surface area contributed by atoms with E-state index in [1.165, 1.54) is 49.3 Å². The molecule has 0 aliphatic heterocycles. The van der Waals surface area contributed by atoms with Crippen molar-refractivity contribution in [1.82, 2.24) is 4.57 Å². The number of para-hydroxylation sites is 4. The van der Waals surface area contributed by atoms with Crippen LogP contribution in [0.2, 0.25) is 0 Å². The Morgan fingerprint density at radius 2 is 1.09 bits per heavy atom. The summed E-state index contributed by atoms with van der Waals surface area (Å²) >= 11 is 0. The summed E-state index contributed by atoms with van der Waals surface area (Å²) in [7, 11) is 0. The smallest absolute Gasteiger partial charge is 0.137 e. The second kappa shape index (κ2) is 12.6. The maximum atomic E-state index is 6.42. The molecule has 11 rings (SSSR count). The zero-order chi connectivity index (χ0) is 36.3. The van der Waals surface area contributed by atoms with Crippen LogP contribution in [0.1, 0.15) is 0 Å². The molecule has 2 aromatic heterocycles. The number of fused-ring (bicyclic) bond motifs is 7. The number of anilines is 3. The highest BCUT2D eigenvalue weighted by molar-refractivity contribution is 6.15. The number of nitrogens with zero attached hydrogens (tertiary/aromatic N) is 2. The highest BCUT2D eigenvalue weighted by atomic mass is 16.3. The standard InChI is InChI=1S/C52H34N2O/c1-2-16-40(17-3-1)54-47-23-8-6-19-44(47)45-22-11-21-43(52(45)54)39-15-10-18-42(34-39)53(48-24-12-26-50-51(48)46-20-7-9-25-49(46)55-50)41-31-29-36(30-32-41)38-28-27-35-13-4-5-14-37(35)33-38/h1-34H. The van der Waals surface area contributed by atoms with E-state index in [2.05, 4.69) is 210 Å². The molecule has 0 aliphatic carbocycles. The first-order valence-electron chi connectivity index (χ1n) is 18.8. The summed E-state index contributed by atoms with van der Waals surface area (Å²) in [6.07, 6.45) is 0. The predicted molar refractivity (Wildman–Crippen MR) is 231 cm³/mol. The van der Waals surface area contributed by atoms with E-state index in [1.54, 1.807) is 0 Å². The van der Waals surface area contributed by atoms with Crippen LogP contribution in [0.15, 0.2) is 211 Å². The highest BCUT2D eigenvalue weighted by Gasteiger charge is 2.21. The van der Waals surface area contributed by atoms with Crippen LogP contribution >= 0.6 is 0 Å². The average Bonchev–Trinajstić information content (AvgIpc) is 3.81. The first-order valence-corrected chi connectivity index (χ1v) is 18.8. The van der Waals surface area contributed by atoms with Crippen molar-refractivity contribution < 1.29 is 4.42 Å². The number of rotatable bonds is 6. The Morgan fingerprint density at radius 3 is 1.98 bits per heavy atom. The van der Waals surface area contributed by atoms with Gasteiger partial charge >= 0.3 is 0 Å². The molecule has 0 aliphatic rings. The van der Waals surface area contributed by atoms with Crippen LogP contribution in [-0.4, -0.2) is 4.57 Å². The van der Waals surface area contributed by atoms with Gasteiger partial charge in [0.1, 0.15) is 11.2 Å². The zero-order valence-electron chi connectivity index (χ0n) is 29.9. The lowest BCUT2D eigenvalue weighted by Crippen LogP contribution is -2.10. The van der Waals surface area contributed by atoms with Gasteiger partial charge < -0.3 is 13.9 Å². The second-order valence-corrected chi connectivity index (χ2v) is 14.1. The van der Waals surface area contributed by atoms with E-state index >= 15 is 0 Å². The van der Waals surface area contributed by atoms with Gasteiger partial charge in [-0.1, -0.05) is 140 Å². The lowest BCUT2D eigenvalue weighted by Gasteiger charge is -2.27. The van der Waals surface area contributed by atoms with Crippen molar-refractivity contribution in [3.05, 3.63) is 206 Å². The topological polar surface area (TPSA) is 21.3 Å². The first-order chi connectivity index (χ1) is 27.3. The molecule has 3 heteroatoms. The SMILES string of the molecule is c1ccc(-n2c3ccccc3c3cccc(-c4cccc(N(c5ccc(-c6ccc7ccccc7c6)cc5)c5cccc6oc7ccccc7c56)c4)c32)cc1. The van der Waals surface area contributed by atoms with Crippen LogP contribution in [0.25, 0.3) is 82.5 Å². The normalized spacial score (nSPS) is 11.6. The van der Waals surface area contributed by atoms with E-state index in [1.807, 2.05) is 6.07 Å². The van der Waals surface area contributed by atoms with Gasteiger partial charge in [0.2, 0.25) is 0 Å². The van der Waals surface area contributed by atoms with Crippen LogP contribution < -0.4 is 4.90 Å². The van der Waals surface area contributed by atoms with Gasteiger partial charge in [0.25, 0.3) is 0 Å². The Bertz CT molecular complexity index is 3210. The van der Waals surface area contributed by atoms with Gasteiger partial charge in [-0.05, 0) is 94.2 Å². The van der Waals surface area contributed by atoms with Gasteiger partial charge in [0.05, 0.1) is 22.1 Å². The minimum Gasteiger partial charge on any atom is -0.456 e. The summed E-state index contributed by atoms with van der Waals surface area (Å²) in [5, 5.41) is 7.15. The third kappa shape index (κ3) is 5.13. The van der Waals surface area contributed by atoms with Gasteiger partial charge in [-0.25, -0.2) is 0 Å². The molecule has 0 saturated carbocycles. The average molecular weight is 703 g/mol. The monoisotopic (exact) mass is 702 g/mol. The summed E-state index contributed by atoms with van der Waals surface area (Å²) in [5.41, 5.74) is 13.2. The second-order valence-electron chi connectivity index (χ2n) is 14.1. The summed E-state index contributed by atoms with van der Waals surface area (Å²) in [5.74, 6) is 0. The molecule has 0 radical (unpaired) electrons. The van der Waals surface area contributed by atoms with E-state index in [9.17, 15) is 0 Å². The van der Waals surface area contributed by atoms with E-state index < -0.39 is 0 Å². The minimum absolute atomic E-state index is 0.866. The van der Waals surface area contributed by atoms with Gasteiger partial charge in [0, 0.05) is 38.8 Å². The summed E-state index contributed by atoms with van der Waals surface area (Å²) < 4.78 is 8.83. The fourth-order valence-electron chi connectivity index (χ4n) is 8.45. The van der Waals surface area contributed by atoms with Crippen molar-refractivity contribution in [3.8, 4) is 27.9 Å². The van der Waals surface area contributed by atoms with Crippen LogP contribution in [0.4, 0.5) is 17.1 Å². The maximum absolute atomic E-state index is 6.42. The zero-order valence-corrected chi connectivity index (χ0v) is 29.9. The van der Waals surface area contributed by atoms with Crippen molar-refractivity contribution in [3.63, 3.8) is 0 Å². The molecule has 2 heterocycles. The Labute approximate surface area is 318 Å². The van der Waals surface area contributed by atoms with E-state index in [4.69, 9.17) is 4.42 Å². The number of hydrogen-bond acceptors (Lipinski definition) is 2. The molecule has 9 aromatic carbocycles. The molecule has 0 amide bonds. The Morgan fingerprint density at radius 1 is 0.400 bits per heavy atom. The fourth-order valence-corrected chi connectivity index (χ4v) is 8.45. The molecule has 0 bridgehead atoms. The van der Waals surface area contributed by atoms with Gasteiger partial charge in [-0.3, -0.25) is 0 Å². The number of furan rings is 1. The third-order valence-electron chi connectivity index (χ3n) is 11.0. The lowest BCUT2D eigenvalue weighted by molar-refractivity contribution is 0.669. The molecule has 0 fully saturated rings. The quantitative estimate of drug-likeness (QED) is 0.172. The third-order valence-corrected chi connectivity index (χ3v) is 11.0. The van der Waals surface area contributed by atoms with Crippen molar-refractivity contribution in [2.24, 2.45) is 0 Å². The predicted octanol–water partition coefficient (Wildman–Crippen LogP) is 14.6. The van der Waals surface area contributed by atoms with Crippen LogP contribution in [-0.2, 0) is 0 Å². The highest BCUT2D eigenvalue weighted by Crippen LogP contribution is 2.45. The molecule has 0 unspecified atom stereocenters. The van der Waals surface area contributed by atoms with Crippen molar-refractivity contribution >= 4 is 71.6 Å². The Balaban J connectivity index is 1.12. The molecule has 258 valence electrons. The molecule has 0 saturated heterocycles. The minimum atomic E-state index is 0.866.